The molecule has 0 aliphatic carbocycles. The minimum atomic E-state index is -1.97. The van der Waals surface area contributed by atoms with Gasteiger partial charge >= 0.3 is 0 Å². The first-order chi connectivity index (χ1) is 16.2. The van der Waals surface area contributed by atoms with Crippen molar-refractivity contribution in [3.05, 3.63) is 23.2 Å². The van der Waals surface area contributed by atoms with Gasteiger partial charge in [0, 0.05) is 0 Å². The fraction of sp³-hybridized carbons (Fsp3) is 0.444. The molecule has 1 aromatic rings. The molecule has 17 heteroatoms. The van der Waals surface area contributed by atoms with Gasteiger partial charge < -0.3 is 61.1 Å². The maximum absolute atomic E-state index is 10.9. The lowest BCUT2D eigenvalue weighted by Gasteiger charge is -2.25. The molecular weight excluding hydrogens is 500 g/mol. The molecule has 8 N–H and O–H groups in total. The summed E-state index contributed by atoms with van der Waals surface area (Å²) in [5.41, 5.74) is -0.265. The number of nitrogens with zero attached hydrogens (tertiary/aromatic N) is 2. The van der Waals surface area contributed by atoms with Crippen LogP contribution in [0.3, 0.4) is 0 Å². The highest BCUT2D eigenvalue weighted by atomic mass is 35.5. The molecule has 0 saturated carbocycles. The van der Waals surface area contributed by atoms with Crippen molar-refractivity contribution in [2.24, 2.45) is 0 Å². The summed E-state index contributed by atoms with van der Waals surface area (Å²) < 4.78 is -0.250. The lowest BCUT2D eigenvalue weighted by molar-refractivity contribution is -0.960. The van der Waals surface area contributed by atoms with Crippen molar-refractivity contribution in [2.75, 3.05) is 65.1 Å². The van der Waals surface area contributed by atoms with E-state index in [1.165, 1.54) is 18.2 Å². The Labute approximate surface area is 204 Å². The van der Waals surface area contributed by atoms with Gasteiger partial charge in [0.1, 0.15) is 11.9 Å². The van der Waals surface area contributed by atoms with Crippen molar-refractivity contribution in [1.82, 2.24) is 0 Å². The number of carboxylic acid groups (broad SMARTS) is 2. The molecule has 0 radical (unpaired) electrons. The van der Waals surface area contributed by atoms with E-state index in [0.29, 0.717) is 0 Å². The highest BCUT2D eigenvalue weighted by molar-refractivity contribution is 6.42. The maximum atomic E-state index is 10.9. The number of nitrogens with one attached hydrogen (secondary N) is 2. The minimum Gasteiger partial charge on any atom is -0.540 e. The van der Waals surface area contributed by atoms with E-state index in [9.17, 15) is 29.4 Å². The van der Waals surface area contributed by atoms with Crippen LogP contribution in [0.5, 0.6) is 0 Å². The second-order valence-electron chi connectivity index (χ2n) is 7.24. The van der Waals surface area contributed by atoms with Crippen molar-refractivity contribution < 1.29 is 69.0 Å². The van der Waals surface area contributed by atoms with Crippen LogP contribution in [-0.4, -0.2) is 118 Å². The number of carboxylic acids is 2. The normalized spacial score (nSPS) is 10.7. The molecule has 0 aliphatic heterocycles. The second-order valence-corrected chi connectivity index (χ2v) is 7.62. The number of aliphatic carboxylic acids is 2. The van der Waals surface area contributed by atoms with Gasteiger partial charge in [0.15, 0.2) is 40.4 Å². The van der Waals surface area contributed by atoms with Crippen LogP contribution in [0, 0.1) is 0 Å². The summed E-state index contributed by atoms with van der Waals surface area (Å²) in [5, 5.41) is 74.7. The summed E-state index contributed by atoms with van der Waals surface area (Å²) in [7, 11) is 3.08. The Balaban J connectivity index is 0. The van der Waals surface area contributed by atoms with Crippen molar-refractivity contribution >= 4 is 46.7 Å². The molecule has 0 atom stereocenters. The van der Waals surface area contributed by atoms with Crippen LogP contribution in [0.1, 0.15) is 0 Å². The molecule has 0 aromatic heterocycles. The molecule has 0 fully saturated rings. The smallest absolute Gasteiger partial charge is 0.271 e. The number of aliphatic hydroxyl groups excluding tert-OH is 6. The van der Waals surface area contributed by atoms with Crippen LogP contribution in [0.2, 0.25) is 5.02 Å². The maximum Gasteiger partial charge on any atom is 0.271 e. The Kier molecular flexibility index (Phi) is 16.3. The molecule has 0 spiro atoms. The average molecular weight is 529 g/mol. The number of amides is 2. The van der Waals surface area contributed by atoms with Gasteiger partial charge in [0.2, 0.25) is 0 Å². The third-order valence-corrected chi connectivity index (χ3v) is 4.32. The van der Waals surface area contributed by atoms with Gasteiger partial charge in [-0.3, -0.25) is 18.6 Å². The summed E-state index contributed by atoms with van der Waals surface area (Å²) in [6, 6.07) is 3.80. The van der Waals surface area contributed by atoms with E-state index in [4.69, 9.17) is 42.2 Å². The zero-order valence-corrected chi connectivity index (χ0v) is 19.6. The monoisotopic (exact) mass is 528 g/mol. The Morgan fingerprint density at radius 3 is 1.14 bits per heavy atom. The molecular formula is C18H29ClN4O12. The van der Waals surface area contributed by atoms with Crippen molar-refractivity contribution in [1.29, 1.82) is 0 Å². The number of anilines is 2. The van der Waals surface area contributed by atoms with Gasteiger partial charge in [-0.25, -0.2) is 0 Å². The standard InChI is InChI=1S/C10H7ClN2O6.2C4H12NO3/c11-6-4(12-7(14)9(16)17)2-1-3-5(6)13-8(15)10(18)19;2*1-5(2-6,3-7)4-8/h1-3H,(H,12,14)(H,13,15)(H,16,17)(H,18,19);2*6-8H,2-4H2,1H3/q;2*+1/p-2. The quantitative estimate of drug-likeness (QED) is 0.0891. The average Bonchev–Trinajstić information content (AvgIpc) is 2.85. The van der Waals surface area contributed by atoms with Crippen LogP contribution < -0.4 is 20.8 Å². The first-order valence-electron chi connectivity index (χ1n) is 9.35. The van der Waals surface area contributed by atoms with Gasteiger partial charge in [0.05, 0.1) is 30.5 Å². The van der Waals surface area contributed by atoms with E-state index < -0.39 is 23.8 Å². The predicted octanol–water partition coefficient (Wildman–Crippen LogP) is -5.72. The third-order valence-electron chi connectivity index (χ3n) is 3.91. The molecule has 1 rings (SSSR count). The van der Waals surface area contributed by atoms with Gasteiger partial charge in [-0.1, -0.05) is 17.7 Å². The second kappa shape index (κ2) is 16.7. The third kappa shape index (κ3) is 12.9. The van der Waals surface area contributed by atoms with Crippen LogP contribution in [0.4, 0.5) is 11.4 Å². The largest absolute Gasteiger partial charge is 0.540 e. The SMILES string of the molecule is C[N+](CO)(CO)CO.C[N+](CO)(CO)CO.O=C([O-])C(=O)Nc1cccc(NC(=O)C(=O)[O-])c1Cl. The van der Waals surface area contributed by atoms with E-state index in [1.54, 1.807) is 14.1 Å². The number of rotatable bonds is 8. The number of hydrogen-bond donors (Lipinski definition) is 8. The fourth-order valence-electron chi connectivity index (χ4n) is 1.34. The van der Waals surface area contributed by atoms with Crippen LogP contribution >= 0.6 is 11.6 Å². The Hall–Kier alpha value is -2.93. The Morgan fingerprint density at radius 2 is 0.971 bits per heavy atom. The Bertz CT molecular complexity index is 766. The molecule has 16 nitrogen and oxygen atoms in total. The van der Waals surface area contributed by atoms with Crippen molar-refractivity contribution in [3.8, 4) is 0 Å². The molecule has 35 heavy (non-hydrogen) atoms. The highest BCUT2D eigenvalue weighted by Gasteiger charge is 2.16. The number of carbonyl (C=O) groups is 4. The summed E-state index contributed by atoms with van der Waals surface area (Å²) >= 11 is 5.75. The zero-order chi connectivity index (χ0) is 27.8. The molecule has 0 aliphatic rings. The van der Waals surface area contributed by atoms with Crippen LogP contribution in [-0.2, 0) is 19.2 Å². The minimum absolute atomic E-state index is 0.125. The first-order valence-corrected chi connectivity index (χ1v) is 9.72. The van der Waals surface area contributed by atoms with E-state index in [2.05, 4.69) is 0 Å². The van der Waals surface area contributed by atoms with E-state index in [-0.39, 0.29) is 65.7 Å². The zero-order valence-electron chi connectivity index (χ0n) is 18.9. The molecule has 200 valence electrons. The number of benzene rings is 1. The van der Waals surface area contributed by atoms with Gasteiger partial charge in [-0.05, 0) is 12.1 Å². The summed E-state index contributed by atoms with van der Waals surface area (Å²) in [6.45, 7) is -1.46. The molecule has 1 aromatic carbocycles. The number of carbonyl (C=O) groups excluding carboxylic acids is 4. The molecule has 0 unspecified atom stereocenters. The number of aliphatic hydroxyl groups is 6. The molecule has 0 bridgehead atoms. The first kappa shape index (κ1) is 34.2. The van der Waals surface area contributed by atoms with Crippen LogP contribution in [0.15, 0.2) is 18.2 Å². The molecule has 0 saturated heterocycles. The highest BCUT2D eigenvalue weighted by Crippen LogP contribution is 2.29. The summed E-state index contributed by atoms with van der Waals surface area (Å²) in [6.07, 6.45) is 0. The Morgan fingerprint density at radius 1 is 0.714 bits per heavy atom. The van der Waals surface area contributed by atoms with Gasteiger partial charge in [0.25, 0.3) is 11.8 Å². The van der Waals surface area contributed by atoms with Gasteiger partial charge in [-0.15, -0.1) is 0 Å². The number of hydrogen-bond acceptors (Lipinski definition) is 12. The predicted molar refractivity (Wildman–Crippen MR) is 114 cm³/mol. The topological polar surface area (TPSA) is 260 Å². The van der Waals surface area contributed by atoms with Crippen molar-refractivity contribution in [2.45, 2.75) is 0 Å². The van der Waals surface area contributed by atoms with Gasteiger partial charge in [-0.2, -0.15) is 0 Å². The van der Waals surface area contributed by atoms with E-state index in [1.807, 2.05) is 10.6 Å². The lowest BCUT2D eigenvalue weighted by Crippen LogP contribution is -2.46. The molecule has 0 heterocycles. The summed E-state index contributed by atoms with van der Waals surface area (Å²) in [4.78, 5) is 42.3. The summed E-state index contributed by atoms with van der Waals surface area (Å²) in [5.74, 6) is -6.82. The van der Waals surface area contributed by atoms with E-state index >= 15 is 0 Å². The number of quaternary nitrogens is 2. The lowest BCUT2D eigenvalue weighted by atomic mass is 10.2. The van der Waals surface area contributed by atoms with Crippen LogP contribution in [0.25, 0.3) is 0 Å². The fourth-order valence-corrected chi connectivity index (χ4v) is 1.56. The van der Waals surface area contributed by atoms with Crippen molar-refractivity contribution in [3.63, 3.8) is 0 Å². The van der Waals surface area contributed by atoms with E-state index in [0.717, 1.165) is 0 Å². The molecule has 2 amide bonds. The number of halogens is 1.